The van der Waals surface area contributed by atoms with Crippen molar-refractivity contribution in [2.45, 2.75) is 31.7 Å². The van der Waals surface area contributed by atoms with E-state index in [9.17, 15) is 4.79 Å². The van der Waals surface area contributed by atoms with Crippen LogP contribution in [0.3, 0.4) is 0 Å². The Morgan fingerprint density at radius 2 is 2.40 bits per heavy atom. The second-order valence-corrected chi connectivity index (χ2v) is 3.84. The monoisotopic (exact) mass is 228 g/mol. The van der Waals surface area contributed by atoms with Crippen LogP contribution in [0.15, 0.2) is 0 Å². The molecule has 0 atom stereocenters. The van der Waals surface area contributed by atoms with Crippen LogP contribution in [-0.4, -0.2) is 22.9 Å². The van der Waals surface area contributed by atoms with E-state index in [0.717, 1.165) is 31.5 Å². The standard InChI is InChI=1S/C10H13ClN2O2/c1-15-10(14)9-7(6-11)12-13-5-3-2-4-8(9)13/h2-6H2,1H3. The van der Waals surface area contributed by atoms with Gasteiger partial charge in [-0.2, -0.15) is 5.10 Å². The number of aromatic nitrogens is 2. The van der Waals surface area contributed by atoms with Gasteiger partial charge in [-0.05, 0) is 19.3 Å². The van der Waals surface area contributed by atoms with Crippen LogP contribution in [0, 0.1) is 0 Å². The van der Waals surface area contributed by atoms with Crippen LogP contribution in [-0.2, 0) is 23.6 Å². The number of rotatable bonds is 2. The molecule has 0 saturated carbocycles. The molecule has 82 valence electrons. The summed E-state index contributed by atoms with van der Waals surface area (Å²) in [6.45, 7) is 0.871. The number of nitrogens with zero attached hydrogens (tertiary/aromatic N) is 2. The van der Waals surface area contributed by atoms with E-state index in [2.05, 4.69) is 5.10 Å². The van der Waals surface area contributed by atoms with Gasteiger partial charge < -0.3 is 4.74 Å². The summed E-state index contributed by atoms with van der Waals surface area (Å²) in [7, 11) is 1.38. The van der Waals surface area contributed by atoms with Crippen LogP contribution in [0.5, 0.6) is 0 Å². The molecule has 5 heteroatoms. The Hall–Kier alpha value is -1.03. The number of aryl methyl sites for hydroxylation is 1. The van der Waals surface area contributed by atoms with E-state index in [4.69, 9.17) is 16.3 Å². The number of hydrogen-bond donors (Lipinski definition) is 0. The predicted octanol–water partition coefficient (Wildman–Crippen LogP) is 1.74. The van der Waals surface area contributed by atoms with Gasteiger partial charge in [-0.15, -0.1) is 11.6 Å². The molecule has 0 saturated heterocycles. The van der Waals surface area contributed by atoms with Crippen molar-refractivity contribution >= 4 is 17.6 Å². The number of methoxy groups -OCH3 is 1. The van der Waals surface area contributed by atoms with Crippen molar-refractivity contribution < 1.29 is 9.53 Å². The van der Waals surface area contributed by atoms with Crippen molar-refractivity contribution in [2.75, 3.05) is 7.11 Å². The maximum Gasteiger partial charge on any atom is 0.341 e. The molecule has 2 heterocycles. The van der Waals surface area contributed by atoms with Crippen molar-refractivity contribution in [2.24, 2.45) is 0 Å². The van der Waals surface area contributed by atoms with Crippen molar-refractivity contribution in [3.8, 4) is 0 Å². The Kier molecular flexibility index (Phi) is 2.95. The Morgan fingerprint density at radius 1 is 1.60 bits per heavy atom. The minimum Gasteiger partial charge on any atom is -0.465 e. The highest BCUT2D eigenvalue weighted by Crippen LogP contribution is 2.23. The summed E-state index contributed by atoms with van der Waals surface area (Å²) >= 11 is 5.77. The molecule has 0 radical (unpaired) electrons. The molecule has 2 rings (SSSR count). The van der Waals surface area contributed by atoms with E-state index in [-0.39, 0.29) is 11.8 Å². The first-order valence-electron chi connectivity index (χ1n) is 5.00. The van der Waals surface area contributed by atoms with E-state index < -0.39 is 0 Å². The zero-order chi connectivity index (χ0) is 10.8. The molecular formula is C10H13ClN2O2. The van der Waals surface area contributed by atoms with Gasteiger partial charge in [-0.1, -0.05) is 0 Å². The highest BCUT2D eigenvalue weighted by molar-refractivity contribution is 6.17. The number of carbonyl (C=O) groups is 1. The second kappa shape index (κ2) is 4.23. The smallest absolute Gasteiger partial charge is 0.341 e. The molecule has 1 aromatic rings. The molecular weight excluding hydrogens is 216 g/mol. The van der Waals surface area contributed by atoms with Crippen LogP contribution < -0.4 is 0 Å². The summed E-state index contributed by atoms with van der Waals surface area (Å²) in [6, 6.07) is 0. The van der Waals surface area contributed by atoms with E-state index in [1.807, 2.05) is 4.68 Å². The third-order valence-electron chi connectivity index (χ3n) is 2.68. The van der Waals surface area contributed by atoms with Gasteiger partial charge >= 0.3 is 5.97 Å². The predicted molar refractivity (Wildman–Crippen MR) is 56.1 cm³/mol. The molecule has 0 unspecified atom stereocenters. The zero-order valence-electron chi connectivity index (χ0n) is 8.62. The van der Waals surface area contributed by atoms with Crippen LogP contribution in [0.1, 0.15) is 34.6 Å². The molecule has 0 fully saturated rings. The number of esters is 1. The highest BCUT2D eigenvalue weighted by atomic mass is 35.5. The molecule has 0 amide bonds. The molecule has 1 aromatic heterocycles. The number of hydrogen-bond acceptors (Lipinski definition) is 3. The topological polar surface area (TPSA) is 44.1 Å². The summed E-state index contributed by atoms with van der Waals surface area (Å²) < 4.78 is 6.63. The van der Waals surface area contributed by atoms with Gasteiger partial charge in [0.1, 0.15) is 5.56 Å². The summed E-state index contributed by atoms with van der Waals surface area (Å²) in [4.78, 5) is 11.6. The SMILES string of the molecule is COC(=O)c1c(CCl)nn2c1CCCC2. The van der Waals surface area contributed by atoms with Crippen LogP contribution >= 0.6 is 11.6 Å². The second-order valence-electron chi connectivity index (χ2n) is 3.57. The molecule has 4 nitrogen and oxygen atoms in total. The van der Waals surface area contributed by atoms with Gasteiger partial charge in [0.05, 0.1) is 24.4 Å². The molecule has 0 aliphatic carbocycles. The van der Waals surface area contributed by atoms with Gasteiger partial charge in [0.25, 0.3) is 0 Å². The fourth-order valence-corrected chi connectivity index (χ4v) is 2.16. The molecule has 0 spiro atoms. The minimum absolute atomic E-state index is 0.254. The summed E-state index contributed by atoms with van der Waals surface area (Å²) in [5, 5.41) is 4.32. The quantitative estimate of drug-likeness (QED) is 0.572. The van der Waals surface area contributed by atoms with Gasteiger partial charge in [0.15, 0.2) is 0 Å². The summed E-state index contributed by atoms with van der Waals surface area (Å²) in [5.74, 6) is -0.0708. The van der Waals surface area contributed by atoms with Crippen molar-refractivity contribution in [3.63, 3.8) is 0 Å². The number of halogens is 1. The van der Waals surface area contributed by atoms with E-state index in [1.165, 1.54) is 7.11 Å². The van der Waals surface area contributed by atoms with Gasteiger partial charge in [0, 0.05) is 6.54 Å². The van der Waals surface area contributed by atoms with Crippen molar-refractivity contribution in [1.29, 1.82) is 0 Å². The maximum absolute atomic E-state index is 11.6. The Bertz CT molecular complexity index is 387. The molecule has 1 aliphatic heterocycles. The lowest BCUT2D eigenvalue weighted by molar-refractivity contribution is 0.0598. The normalized spacial score (nSPS) is 14.8. The van der Waals surface area contributed by atoms with Gasteiger partial charge in [0.2, 0.25) is 0 Å². The molecule has 0 N–H and O–H groups in total. The van der Waals surface area contributed by atoms with Crippen molar-refractivity contribution in [1.82, 2.24) is 9.78 Å². The Balaban J connectivity index is 2.49. The minimum atomic E-state index is -0.325. The molecule has 0 bridgehead atoms. The average molecular weight is 229 g/mol. The number of fused-ring (bicyclic) bond motifs is 1. The maximum atomic E-state index is 11.6. The van der Waals surface area contributed by atoms with E-state index in [1.54, 1.807) is 0 Å². The van der Waals surface area contributed by atoms with Crippen LogP contribution in [0.2, 0.25) is 0 Å². The van der Waals surface area contributed by atoms with E-state index in [0.29, 0.717) is 11.3 Å². The summed E-state index contributed by atoms with van der Waals surface area (Å²) in [6.07, 6.45) is 3.09. The molecule has 15 heavy (non-hydrogen) atoms. The lowest BCUT2D eigenvalue weighted by atomic mass is 10.1. The molecule has 0 aromatic carbocycles. The third-order valence-corrected chi connectivity index (χ3v) is 2.93. The average Bonchev–Trinajstić information content (AvgIpc) is 2.66. The largest absolute Gasteiger partial charge is 0.465 e. The van der Waals surface area contributed by atoms with E-state index >= 15 is 0 Å². The first kappa shape index (κ1) is 10.5. The number of ether oxygens (including phenoxy) is 1. The number of carbonyl (C=O) groups excluding carboxylic acids is 1. The van der Waals surface area contributed by atoms with Crippen molar-refractivity contribution in [3.05, 3.63) is 17.0 Å². The first-order valence-corrected chi connectivity index (χ1v) is 5.54. The fraction of sp³-hybridized carbons (Fsp3) is 0.600. The van der Waals surface area contributed by atoms with Gasteiger partial charge in [-0.25, -0.2) is 4.79 Å². The number of alkyl halides is 1. The molecule has 1 aliphatic rings. The lowest BCUT2D eigenvalue weighted by Gasteiger charge is -2.13. The van der Waals surface area contributed by atoms with Gasteiger partial charge in [-0.3, -0.25) is 4.68 Å². The highest BCUT2D eigenvalue weighted by Gasteiger charge is 2.25. The Labute approximate surface area is 93.2 Å². The first-order chi connectivity index (χ1) is 7.27. The Morgan fingerprint density at radius 3 is 3.07 bits per heavy atom. The summed E-state index contributed by atoms with van der Waals surface area (Å²) in [5.41, 5.74) is 2.19. The van der Waals surface area contributed by atoms with Crippen LogP contribution in [0.4, 0.5) is 0 Å². The van der Waals surface area contributed by atoms with Crippen LogP contribution in [0.25, 0.3) is 0 Å². The third kappa shape index (κ3) is 1.74. The lowest BCUT2D eigenvalue weighted by Crippen LogP contribution is -2.14. The fourth-order valence-electron chi connectivity index (χ4n) is 1.98. The zero-order valence-corrected chi connectivity index (χ0v) is 9.38.